The number of ether oxygens (including phenoxy) is 1. The highest BCUT2D eigenvalue weighted by molar-refractivity contribution is 5.94. The number of nitrogens with zero attached hydrogens (tertiary/aromatic N) is 1. The zero-order valence-corrected chi connectivity index (χ0v) is 16.5. The van der Waals surface area contributed by atoms with Crippen LogP contribution in [0.5, 0.6) is 5.75 Å². The Hall–Kier alpha value is -2.82. The fourth-order valence-corrected chi connectivity index (χ4v) is 3.06. The van der Waals surface area contributed by atoms with Crippen LogP contribution in [-0.4, -0.2) is 25.5 Å². The molecule has 27 heavy (non-hydrogen) atoms. The zero-order valence-electron chi connectivity index (χ0n) is 16.5. The van der Waals surface area contributed by atoms with Gasteiger partial charge in [0.25, 0.3) is 0 Å². The van der Waals surface area contributed by atoms with Gasteiger partial charge in [0, 0.05) is 32.1 Å². The minimum Gasteiger partial charge on any atom is -0.497 e. The number of carbonyl (C=O) groups is 2. The number of rotatable bonds is 8. The molecule has 0 aromatic heterocycles. The SMILES string of the molecule is CCc1cccc(C)c1N(CCC(=O)NCc1ccc(OC)cc1)C(C)=O. The van der Waals surface area contributed by atoms with Gasteiger partial charge in [-0.2, -0.15) is 0 Å². The normalized spacial score (nSPS) is 10.4. The van der Waals surface area contributed by atoms with Crippen LogP contribution in [-0.2, 0) is 22.6 Å². The average Bonchev–Trinajstić information content (AvgIpc) is 2.67. The molecule has 144 valence electrons. The van der Waals surface area contributed by atoms with Crippen molar-refractivity contribution in [1.29, 1.82) is 0 Å². The number of benzene rings is 2. The molecule has 0 aliphatic carbocycles. The maximum absolute atomic E-state index is 12.3. The van der Waals surface area contributed by atoms with Crippen molar-refractivity contribution in [3.8, 4) is 5.75 Å². The van der Waals surface area contributed by atoms with Crippen molar-refractivity contribution in [3.63, 3.8) is 0 Å². The Morgan fingerprint density at radius 3 is 2.41 bits per heavy atom. The lowest BCUT2D eigenvalue weighted by Crippen LogP contribution is -2.34. The Kier molecular flexibility index (Phi) is 7.41. The first-order valence-electron chi connectivity index (χ1n) is 9.22. The van der Waals surface area contributed by atoms with E-state index in [4.69, 9.17) is 4.74 Å². The maximum atomic E-state index is 12.3. The van der Waals surface area contributed by atoms with Gasteiger partial charge in [0.2, 0.25) is 11.8 Å². The largest absolute Gasteiger partial charge is 0.497 e. The van der Waals surface area contributed by atoms with Crippen molar-refractivity contribution in [3.05, 3.63) is 59.2 Å². The van der Waals surface area contributed by atoms with Gasteiger partial charge >= 0.3 is 0 Å². The van der Waals surface area contributed by atoms with Crippen molar-refractivity contribution >= 4 is 17.5 Å². The van der Waals surface area contributed by atoms with Gasteiger partial charge in [0.15, 0.2) is 0 Å². The molecule has 0 radical (unpaired) electrons. The highest BCUT2D eigenvalue weighted by Crippen LogP contribution is 2.26. The van der Waals surface area contributed by atoms with Crippen LogP contribution in [0.25, 0.3) is 0 Å². The van der Waals surface area contributed by atoms with Crippen molar-refractivity contribution in [2.75, 3.05) is 18.6 Å². The Bertz CT molecular complexity index is 785. The number of para-hydroxylation sites is 1. The molecule has 0 spiro atoms. The van der Waals surface area contributed by atoms with Crippen LogP contribution in [0, 0.1) is 6.92 Å². The summed E-state index contributed by atoms with van der Waals surface area (Å²) in [6, 6.07) is 13.6. The van der Waals surface area contributed by atoms with Crippen LogP contribution in [0.15, 0.2) is 42.5 Å². The van der Waals surface area contributed by atoms with E-state index in [0.29, 0.717) is 13.1 Å². The molecule has 0 bridgehead atoms. The predicted molar refractivity (Wildman–Crippen MR) is 108 cm³/mol. The number of nitrogens with one attached hydrogen (secondary N) is 1. The fourth-order valence-electron chi connectivity index (χ4n) is 3.06. The number of carbonyl (C=O) groups excluding carboxylic acids is 2. The molecule has 2 aromatic rings. The minimum absolute atomic E-state index is 0.0537. The molecule has 0 fully saturated rings. The number of methoxy groups -OCH3 is 1. The second kappa shape index (κ2) is 9.76. The lowest BCUT2D eigenvalue weighted by atomic mass is 10.0. The van der Waals surface area contributed by atoms with E-state index in [-0.39, 0.29) is 18.2 Å². The third-order valence-corrected chi connectivity index (χ3v) is 4.56. The van der Waals surface area contributed by atoms with E-state index >= 15 is 0 Å². The van der Waals surface area contributed by atoms with Crippen molar-refractivity contribution in [2.45, 2.75) is 40.2 Å². The Labute approximate surface area is 161 Å². The molecule has 2 rings (SSSR count). The first-order chi connectivity index (χ1) is 13.0. The number of hydrogen-bond acceptors (Lipinski definition) is 3. The second-order valence-corrected chi connectivity index (χ2v) is 6.48. The van der Waals surface area contributed by atoms with Crippen LogP contribution in [0.1, 0.15) is 37.0 Å². The third-order valence-electron chi connectivity index (χ3n) is 4.56. The summed E-state index contributed by atoms with van der Waals surface area (Å²) in [5.41, 5.74) is 4.09. The molecule has 0 saturated heterocycles. The minimum atomic E-state index is -0.0799. The summed E-state index contributed by atoms with van der Waals surface area (Å²) in [5.74, 6) is 0.651. The summed E-state index contributed by atoms with van der Waals surface area (Å²) in [6.07, 6.45) is 1.09. The van der Waals surface area contributed by atoms with E-state index in [9.17, 15) is 9.59 Å². The molecular formula is C22H28N2O3. The molecule has 5 nitrogen and oxygen atoms in total. The van der Waals surface area contributed by atoms with Crippen LogP contribution in [0.3, 0.4) is 0 Å². The quantitative estimate of drug-likeness (QED) is 0.774. The molecule has 0 aliphatic heterocycles. The highest BCUT2D eigenvalue weighted by atomic mass is 16.5. The molecule has 1 N–H and O–H groups in total. The van der Waals surface area contributed by atoms with E-state index < -0.39 is 0 Å². The van der Waals surface area contributed by atoms with Gasteiger partial charge in [-0.1, -0.05) is 37.3 Å². The van der Waals surface area contributed by atoms with Gasteiger partial charge in [-0.15, -0.1) is 0 Å². The molecule has 2 aromatic carbocycles. The van der Waals surface area contributed by atoms with Crippen LogP contribution < -0.4 is 15.0 Å². The number of aryl methyl sites for hydroxylation is 2. The van der Waals surface area contributed by atoms with Crippen molar-refractivity contribution in [1.82, 2.24) is 5.32 Å². The molecule has 0 unspecified atom stereocenters. The summed E-state index contributed by atoms with van der Waals surface area (Å²) in [5, 5.41) is 2.91. The first kappa shape index (κ1) is 20.5. The molecule has 0 aliphatic rings. The second-order valence-electron chi connectivity index (χ2n) is 6.48. The Balaban J connectivity index is 1.97. The van der Waals surface area contributed by atoms with E-state index in [1.807, 2.05) is 49.4 Å². The third kappa shape index (κ3) is 5.58. The predicted octanol–water partition coefficient (Wildman–Crippen LogP) is 3.63. The monoisotopic (exact) mass is 368 g/mol. The summed E-state index contributed by atoms with van der Waals surface area (Å²) >= 11 is 0. The van der Waals surface area contributed by atoms with Gasteiger partial charge in [0.05, 0.1) is 7.11 Å². The number of amides is 2. The molecule has 0 atom stereocenters. The highest BCUT2D eigenvalue weighted by Gasteiger charge is 2.18. The fraction of sp³-hybridized carbons (Fsp3) is 0.364. The average molecular weight is 368 g/mol. The standard InChI is InChI=1S/C22H28N2O3/c1-5-19-8-6-7-16(2)22(19)24(17(3)25)14-13-21(26)23-15-18-9-11-20(27-4)12-10-18/h6-12H,5,13-15H2,1-4H3,(H,23,26). The smallest absolute Gasteiger partial charge is 0.223 e. The van der Waals surface area contributed by atoms with Crippen molar-refractivity contribution < 1.29 is 14.3 Å². The number of anilines is 1. The molecule has 0 heterocycles. The van der Waals surface area contributed by atoms with E-state index in [0.717, 1.165) is 34.5 Å². The van der Waals surface area contributed by atoms with E-state index in [2.05, 4.69) is 12.2 Å². The van der Waals surface area contributed by atoms with Crippen molar-refractivity contribution in [2.24, 2.45) is 0 Å². The lowest BCUT2D eigenvalue weighted by molar-refractivity contribution is -0.121. The van der Waals surface area contributed by atoms with Crippen LogP contribution >= 0.6 is 0 Å². The number of hydrogen-bond donors (Lipinski definition) is 1. The topological polar surface area (TPSA) is 58.6 Å². The summed E-state index contributed by atoms with van der Waals surface area (Å²) in [7, 11) is 1.62. The maximum Gasteiger partial charge on any atom is 0.223 e. The van der Waals surface area contributed by atoms with Gasteiger partial charge in [-0.05, 0) is 42.2 Å². The Morgan fingerprint density at radius 1 is 1.11 bits per heavy atom. The van der Waals surface area contributed by atoms with E-state index in [1.165, 1.54) is 0 Å². The summed E-state index contributed by atoms with van der Waals surface area (Å²) in [6.45, 7) is 6.42. The Morgan fingerprint density at radius 2 is 1.81 bits per heavy atom. The molecule has 2 amide bonds. The van der Waals surface area contributed by atoms with Gasteiger partial charge < -0.3 is 15.0 Å². The van der Waals surface area contributed by atoms with E-state index in [1.54, 1.807) is 18.9 Å². The summed E-state index contributed by atoms with van der Waals surface area (Å²) in [4.78, 5) is 26.2. The van der Waals surface area contributed by atoms with Crippen LogP contribution in [0.2, 0.25) is 0 Å². The molecule has 5 heteroatoms. The first-order valence-corrected chi connectivity index (χ1v) is 9.22. The van der Waals surface area contributed by atoms with Crippen LogP contribution in [0.4, 0.5) is 5.69 Å². The van der Waals surface area contributed by atoms with Gasteiger partial charge in [0.1, 0.15) is 5.75 Å². The lowest BCUT2D eigenvalue weighted by Gasteiger charge is -2.25. The summed E-state index contributed by atoms with van der Waals surface area (Å²) < 4.78 is 5.13. The van der Waals surface area contributed by atoms with Gasteiger partial charge in [-0.25, -0.2) is 0 Å². The zero-order chi connectivity index (χ0) is 19.8. The molecule has 0 saturated carbocycles. The van der Waals surface area contributed by atoms with Gasteiger partial charge in [-0.3, -0.25) is 9.59 Å². The molecular weight excluding hydrogens is 340 g/mol.